The quantitative estimate of drug-likeness (QED) is 0.439. The van der Waals surface area contributed by atoms with Gasteiger partial charge in [0.15, 0.2) is 5.65 Å². The molecule has 0 unspecified atom stereocenters. The van der Waals surface area contributed by atoms with Gasteiger partial charge in [-0.05, 0) is 36.8 Å². The molecule has 2 N–H and O–H groups in total. The van der Waals surface area contributed by atoms with Gasteiger partial charge in [0.2, 0.25) is 0 Å². The van der Waals surface area contributed by atoms with Crippen molar-refractivity contribution in [3.63, 3.8) is 0 Å². The second-order valence-corrected chi connectivity index (χ2v) is 5.86. The van der Waals surface area contributed by atoms with Crippen LogP contribution in [-0.4, -0.2) is 26.4 Å². The van der Waals surface area contributed by atoms with Crippen molar-refractivity contribution >= 4 is 45.8 Å². The number of aryl methyl sites for hydroxylation is 1. The lowest BCUT2D eigenvalue weighted by Crippen LogP contribution is -1.98. The molecule has 0 radical (unpaired) electrons. The second-order valence-electron chi connectivity index (χ2n) is 5.43. The molecule has 2 aromatic heterocycles. The lowest BCUT2D eigenvalue weighted by molar-refractivity contribution is 1.01. The summed E-state index contributed by atoms with van der Waals surface area (Å²) < 4.78 is 0. The Kier molecular flexibility index (Phi) is 3.59. The van der Waals surface area contributed by atoms with Crippen LogP contribution in [-0.2, 0) is 0 Å². The molecule has 24 heavy (non-hydrogen) atoms. The topological polar surface area (TPSA) is 78.9 Å². The molecule has 0 amide bonds. The lowest BCUT2D eigenvalue weighted by atomic mass is 10.2. The van der Waals surface area contributed by atoms with E-state index in [2.05, 4.69) is 36.8 Å². The van der Waals surface area contributed by atoms with Crippen molar-refractivity contribution in [2.24, 2.45) is 5.10 Å². The summed E-state index contributed by atoms with van der Waals surface area (Å²) in [5.41, 5.74) is 7.28. The standard InChI is InChI=1S/C17H13ClN6/c1-10-2-7-14-13(8-10)15-16(20-14)21-17(24-22-15)23-19-9-11-3-5-12(18)6-4-11/h2-9H,1H3,(H2,20,21,23,24). The van der Waals surface area contributed by atoms with Gasteiger partial charge < -0.3 is 4.98 Å². The molecule has 0 aliphatic carbocycles. The van der Waals surface area contributed by atoms with Gasteiger partial charge >= 0.3 is 0 Å². The third-order valence-corrected chi connectivity index (χ3v) is 3.87. The van der Waals surface area contributed by atoms with Crippen molar-refractivity contribution in [2.75, 3.05) is 5.43 Å². The van der Waals surface area contributed by atoms with Crippen LogP contribution >= 0.6 is 11.6 Å². The van der Waals surface area contributed by atoms with Crippen molar-refractivity contribution in [2.45, 2.75) is 6.92 Å². The zero-order valence-electron chi connectivity index (χ0n) is 12.8. The molecule has 118 valence electrons. The number of fused-ring (bicyclic) bond motifs is 3. The molecule has 0 fully saturated rings. The Morgan fingerprint density at radius 1 is 1.12 bits per heavy atom. The van der Waals surface area contributed by atoms with E-state index in [1.54, 1.807) is 18.3 Å². The fraction of sp³-hybridized carbons (Fsp3) is 0.0588. The van der Waals surface area contributed by atoms with Crippen molar-refractivity contribution in [3.8, 4) is 0 Å². The smallest absolute Gasteiger partial charge is 0.265 e. The average molecular weight is 337 g/mol. The van der Waals surface area contributed by atoms with Gasteiger partial charge in [-0.25, -0.2) is 5.43 Å². The molecule has 0 spiro atoms. The highest BCUT2D eigenvalue weighted by Crippen LogP contribution is 2.23. The van der Waals surface area contributed by atoms with E-state index in [9.17, 15) is 0 Å². The molecule has 4 aromatic rings. The fourth-order valence-corrected chi connectivity index (χ4v) is 2.57. The average Bonchev–Trinajstić information content (AvgIpc) is 2.94. The van der Waals surface area contributed by atoms with Gasteiger partial charge in [-0.2, -0.15) is 10.1 Å². The van der Waals surface area contributed by atoms with E-state index in [1.165, 1.54) is 5.56 Å². The summed E-state index contributed by atoms with van der Waals surface area (Å²) in [5.74, 6) is 0.330. The summed E-state index contributed by atoms with van der Waals surface area (Å²) >= 11 is 5.85. The Morgan fingerprint density at radius 3 is 2.79 bits per heavy atom. The number of hydrogen-bond acceptors (Lipinski definition) is 5. The Bertz CT molecular complexity index is 1050. The predicted octanol–water partition coefficient (Wildman–Crippen LogP) is 3.91. The molecule has 6 nitrogen and oxygen atoms in total. The molecular weight excluding hydrogens is 324 g/mol. The van der Waals surface area contributed by atoms with Crippen LogP contribution in [0.1, 0.15) is 11.1 Å². The zero-order valence-corrected chi connectivity index (χ0v) is 13.5. The highest BCUT2D eigenvalue weighted by molar-refractivity contribution is 6.30. The van der Waals surface area contributed by atoms with E-state index in [0.717, 1.165) is 22.0 Å². The maximum atomic E-state index is 5.85. The number of benzene rings is 2. The van der Waals surface area contributed by atoms with Gasteiger partial charge in [0.1, 0.15) is 5.52 Å². The van der Waals surface area contributed by atoms with Gasteiger partial charge in [-0.15, -0.1) is 10.2 Å². The van der Waals surface area contributed by atoms with Crippen molar-refractivity contribution in [1.29, 1.82) is 0 Å². The third-order valence-electron chi connectivity index (χ3n) is 3.62. The number of anilines is 1. The number of hydrazone groups is 1. The Labute approximate surface area is 142 Å². The molecule has 0 aliphatic rings. The van der Waals surface area contributed by atoms with Crippen LogP contribution in [0.15, 0.2) is 47.6 Å². The first-order valence-corrected chi connectivity index (χ1v) is 7.74. The SMILES string of the molecule is Cc1ccc2[nH]c3nc(NN=Cc4ccc(Cl)cc4)nnc3c2c1. The summed E-state index contributed by atoms with van der Waals surface area (Å²) in [4.78, 5) is 7.65. The Morgan fingerprint density at radius 2 is 1.96 bits per heavy atom. The van der Waals surface area contributed by atoms with Gasteiger partial charge in [0.05, 0.1) is 6.21 Å². The van der Waals surface area contributed by atoms with Crippen LogP contribution < -0.4 is 5.43 Å². The molecule has 4 rings (SSSR count). The minimum absolute atomic E-state index is 0.330. The van der Waals surface area contributed by atoms with Crippen LogP contribution in [0.3, 0.4) is 0 Å². The fourth-order valence-electron chi connectivity index (χ4n) is 2.45. The Balaban J connectivity index is 1.60. The van der Waals surface area contributed by atoms with E-state index in [-0.39, 0.29) is 0 Å². The third kappa shape index (κ3) is 2.79. The highest BCUT2D eigenvalue weighted by Gasteiger charge is 2.08. The molecule has 2 aromatic carbocycles. The number of H-pyrrole nitrogens is 1. The second kappa shape index (κ2) is 5.90. The lowest BCUT2D eigenvalue weighted by Gasteiger charge is -1.97. The van der Waals surface area contributed by atoms with Gasteiger partial charge in [-0.3, -0.25) is 0 Å². The number of aromatic nitrogens is 4. The van der Waals surface area contributed by atoms with E-state index in [1.807, 2.05) is 31.2 Å². The summed E-state index contributed by atoms with van der Waals surface area (Å²) in [6.07, 6.45) is 1.67. The van der Waals surface area contributed by atoms with Crippen molar-refractivity contribution in [1.82, 2.24) is 20.2 Å². The minimum atomic E-state index is 0.330. The minimum Gasteiger partial charge on any atom is -0.338 e. The molecule has 7 heteroatoms. The molecule has 2 heterocycles. The van der Waals surface area contributed by atoms with Gasteiger partial charge in [0.25, 0.3) is 5.95 Å². The van der Waals surface area contributed by atoms with Crippen LogP contribution in [0.4, 0.5) is 5.95 Å². The number of rotatable bonds is 3. The van der Waals surface area contributed by atoms with Crippen molar-refractivity contribution in [3.05, 3.63) is 58.6 Å². The maximum absolute atomic E-state index is 5.85. The normalized spacial score (nSPS) is 11.6. The molecule has 0 saturated heterocycles. The van der Waals surface area contributed by atoms with E-state index < -0.39 is 0 Å². The first kappa shape index (κ1) is 14.6. The van der Waals surface area contributed by atoms with Crippen molar-refractivity contribution < 1.29 is 0 Å². The summed E-state index contributed by atoms with van der Waals surface area (Å²) in [6.45, 7) is 2.04. The summed E-state index contributed by atoms with van der Waals surface area (Å²) in [6, 6.07) is 13.5. The highest BCUT2D eigenvalue weighted by atomic mass is 35.5. The van der Waals surface area contributed by atoms with Crippen LogP contribution in [0.5, 0.6) is 0 Å². The molecule has 0 atom stereocenters. The maximum Gasteiger partial charge on any atom is 0.265 e. The molecule has 0 saturated carbocycles. The number of halogens is 1. The first-order valence-electron chi connectivity index (χ1n) is 7.36. The van der Waals surface area contributed by atoms with Crippen LogP contribution in [0, 0.1) is 6.92 Å². The van der Waals surface area contributed by atoms with Crippen LogP contribution in [0.2, 0.25) is 5.02 Å². The van der Waals surface area contributed by atoms with Crippen LogP contribution in [0.25, 0.3) is 22.1 Å². The molecular formula is C17H13ClN6. The largest absolute Gasteiger partial charge is 0.338 e. The predicted molar refractivity (Wildman–Crippen MR) is 96.6 cm³/mol. The van der Waals surface area contributed by atoms with Gasteiger partial charge in [0, 0.05) is 15.9 Å². The number of nitrogens with zero attached hydrogens (tertiary/aromatic N) is 4. The number of aromatic amines is 1. The molecule has 0 bridgehead atoms. The summed E-state index contributed by atoms with van der Waals surface area (Å²) in [7, 11) is 0. The van der Waals surface area contributed by atoms with E-state index in [0.29, 0.717) is 16.6 Å². The zero-order chi connectivity index (χ0) is 16.5. The number of hydrogen-bond donors (Lipinski definition) is 2. The number of nitrogens with one attached hydrogen (secondary N) is 2. The first-order chi connectivity index (χ1) is 11.7. The molecule has 0 aliphatic heterocycles. The Hall–Kier alpha value is -2.99. The summed E-state index contributed by atoms with van der Waals surface area (Å²) in [5, 5.41) is 14.1. The van der Waals surface area contributed by atoms with E-state index in [4.69, 9.17) is 11.6 Å². The van der Waals surface area contributed by atoms with E-state index >= 15 is 0 Å². The monoisotopic (exact) mass is 336 g/mol. The van der Waals surface area contributed by atoms with Gasteiger partial charge in [-0.1, -0.05) is 35.4 Å².